The van der Waals surface area contributed by atoms with Gasteiger partial charge in [-0.25, -0.2) is 0 Å². The van der Waals surface area contributed by atoms with E-state index in [2.05, 4.69) is 5.32 Å². The molecule has 0 fully saturated rings. The first-order chi connectivity index (χ1) is 9.24. The number of nitrogens with one attached hydrogen (secondary N) is 1. The number of hydrogen-bond acceptors (Lipinski definition) is 2. The molecule has 0 unspecified atom stereocenters. The number of carbonyl (C=O) groups excluding carboxylic acids is 1. The molecule has 3 aromatic rings. The summed E-state index contributed by atoms with van der Waals surface area (Å²) in [7, 11) is 0. The molecule has 1 aromatic heterocycles. The van der Waals surface area contributed by atoms with E-state index in [1.807, 2.05) is 29.6 Å². The predicted molar refractivity (Wildman–Crippen MR) is 81.2 cm³/mol. The maximum Gasteiger partial charge on any atom is 0.257 e. The van der Waals surface area contributed by atoms with Crippen LogP contribution in [0.2, 0.25) is 5.02 Å². The van der Waals surface area contributed by atoms with Crippen LogP contribution in [0.5, 0.6) is 0 Å². The van der Waals surface area contributed by atoms with Crippen molar-refractivity contribution >= 4 is 44.6 Å². The third-order valence-corrected chi connectivity index (χ3v) is 4.06. The molecule has 1 amide bonds. The highest BCUT2D eigenvalue weighted by molar-refractivity contribution is 7.17. The van der Waals surface area contributed by atoms with Crippen molar-refractivity contribution in [1.29, 1.82) is 0 Å². The highest BCUT2D eigenvalue weighted by Gasteiger charge is 2.09. The largest absolute Gasteiger partial charge is 0.322 e. The summed E-state index contributed by atoms with van der Waals surface area (Å²) < 4.78 is 1.20. The average molecular weight is 288 g/mol. The van der Waals surface area contributed by atoms with Crippen LogP contribution in [0.1, 0.15) is 10.4 Å². The molecule has 0 aliphatic rings. The lowest BCUT2D eigenvalue weighted by atomic mass is 10.2. The normalized spacial score (nSPS) is 10.6. The zero-order valence-electron chi connectivity index (χ0n) is 9.89. The van der Waals surface area contributed by atoms with Crippen LogP contribution in [-0.4, -0.2) is 5.91 Å². The maximum atomic E-state index is 12.1. The molecule has 1 heterocycles. The number of anilines is 1. The van der Waals surface area contributed by atoms with Crippen molar-refractivity contribution in [2.45, 2.75) is 0 Å². The zero-order chi connectivity index (χ0) is 13.2. The van der Waals surface area contributed by atoms with E-state index in [9.17, 15) is 4.79 Å². The number of rotatable bonds is 2. The van der Waals surface area contributed by atoms with Gasteiger partial charge in [0.25, 0.3) is 5.91 Å². The van der Waals surface area contributed by atoms with E-state index in [4.69, 9.17) is 11.6 Å². The molecule has 0 atom stereocenters. The Hall–Kier alpha value is -1.84. The molecule has 4 heteroatoms. The summed E-state index contributed by atoms with van der Waals surface area (Å²) in [5, 5.41) is 6.48. The van der Waals surface area contributed by atoms with E-state index >= 15 is 0 Å². The molecule has 0 aliphatic heterocycles. The minimum atomic E-state index is -0.194. The molecule has 0 saturated carbocycles. The molecule has 94 valence electrons. The Morgan fingerprint density at radius 2 is 1.95 bits per heavy atom. The van der Waals surface area contributed by atoms with Crippen molar-refractivity contribution in [3.8, 4) is 0 Å². The fourth-order valence-corrected chi connectivity index (χ4v) is 2.88. The summed E-state index contributed by atoms with van der Waals surface area (Å²) in [4.78, 5) is 12.1. The third-order valence-electron chi connectivity index (χ3n) is 2.83. The van der Waals surface area contributed by atoms with E-state index in [0.29, 0.717) is 10.6 Å². The van der Waals surface area contributed by atoms with E-state index in [-0.39, 0.29) is 5.91 Å². The monoisotopic (exact) mass is 287 g/mol. The molecular formula is C15H10ClNOS. The molecule has 2 aromatic carbocycles. The first kappa shape index (κ1) is 12.2. The Morgan fingerprint density at radius 3 is 2.79 bits per heavy atom. The Kier molecular flexibility index (Phi) is 3.23. The molecular weight excluding hydrogens is 278 g/mol. The smallest absolute Gasteiger partial charge is 0.257 e. The van der Waals surface area contributed by atoms with Gasteiger partial charge in [0.1, 0.15) is 0 Å². The molecule has 0 bridgehead atoms. The van der Waals surface area contributed by atoms with E-state index in [1.54, 1.807) is 35.6 Å². The number of amides is 1. The number of thiophene rings is 1. The predicted octanol–water partition coefficient (Wildman–Crippen LogP) is 4.81. The number of carbonyl (C=O) groups is 1. The summed E-state index contributed by atoms with van der Waals surface area (Å²) in [6.07, 6.45) is 0. The van der Waals surface area contributed by atoms with Gasteiger partial charge in [-0.05, 0) is 47.2 Å². The maximum absolute atomic E-state index is 12.1. The van der Waals surface area contributed by atoms with Crippen LogP contribution in [0.3, 0.4) is 0 Å². The molecule has 0 spiro atoms. The standard InChI is InChI=1S/C15H10ClNOS/c16-13-4-2-1-3-12(13)15(18)17-11-5-6-14-10(9-11)7-8-19-14/h1-9H,(H,17,18). The summed E-state index contributed by atoms with van der Waals surface area (Å²) in [6, 6.07) is 14.9. The quantitative estimate of drug-likeness (QED) is 0.720. The molecule has 0 aliphatic carbocycles. The lowest BCUT2D eigenvalue weighted by Gasteiger charge is -2.06. The van der Waals surface area contributed by atoms with Gasteiger partial charge < -0.3 is 5.32 Å². The molecule has 0 radical (unpaired) electrons. The Morgan fingerprint density at radius 1 is 1.11 bits per heavy atom. The van der Waals surface area contributed by atoms with Crippen molar-refractivity contribution in [3.05, 3.63) is 64.5 Å². The van der Waals surface area contributed by atoms with Gasteiger partial charge in [-0.3, -0.25) is 4.79 Å². The summed E-state index contributed by atoms with van der Waals surface area (Å²) in [5.41, 5.74) is 1.26. The summed E-state index contributed by atoms with van der Waals surface area (Å²) in [6.45, 7) is 0. The molecule has 0 saturated heterocycles. The molecule has 1 N–H and O–H groups in total. The number of fused-ring (bicyclic) bond motifs is 1. The van der Waals surface area contributed by atoms with Gasteiger partial charge in [0.05, 0.1) is 10.6 Å². The van der Waals surface area contributed by atoms with E-state index in [1.165, 1.54) is 4.70 Å². The second-order valence-corrected chi connectivity index (χ2v) is 5.46. The number of benzene rings is 2. The Balaban J connectivity index is 1.88. The highest BCUT2D eigenvalue weighted by atomic mass is 35.5. The van der Waals surface area contributed by atoms with Gasteiger partial charge in [-0.1, -0.05) is 23.7 Å². The Labute approximate surface area is 119 Å². The average Bonchev–Trinajstić information content (AvgIpc) is 2.86. The van der Waals surface area contributed by atoms with Gasteiger partial charge in [-0.15, -0.1) is 11.3 Å². The Bertz CT molecular complexity index is 750. The molecule has 2 nitrogen and oxygen atoms in total. The van der Waals surface area contributed by atoms with Gasteiger partial charge in [0, 0.05) is 10.4 Å². The van der Waals surface area contributed by atoms with Crippen molar-refractivity contribution in [3.63, 3.8) is 0 Å². The lowest BCUT2D eigenvalue weighted by molar-refractivity contribution is 0.102. The third kappa shape index (κ3) is 2.48. The number of hydrogen-bond donors (Lipinski definition) is 1. The number of halogens is 1. The van der Waals surface area contributed by atoms with E-state index in [0.717, 1.165) is 11.1 Å². The van der Waals surface area contributed by atoms with Crippen LogP contribution in [0.15, 0.2) is 53.9 Å². The second kappa shape index (κ2) is 5.03. The minimum Gasteiger partial charge on any atom is -0.322 e. The zero-order valence-corrected chi connectivity index (χ0v) is 11.5. The minimum absolute atomic E-state index is 0.194. The molecule has 19 heavy (non-hydrogen) atoms. The topological polar surface area (TPSA) is 29.1 Å². The molecule has 3 rings (SSSR count). The van der Waals surface area contributed by atoms with Gasteiger partial charge in [0.15, 0.2) is 0 Å². The first-order valence-electron chi connectivity index (χ1n) is 5.77. The van der Waals surface area contributed by atoms with Crippen molar-refractivity contribution in [2.24, 2.45) is 0 Å². The fourth-order valence-electron chi connectivity index (χ4n) is 1.89. The van der Waals surface area contributed by atoms with Crippen LogP contribution in [-0.2, 0) is 0 Å². The van der Waals surface area contributed by atoms with Crippen LogP contribution in [0, 0.1) is 0 Å². The van der Waals surface area contributed by atoms with Crippen molar-refractivity contribution in [2.75, 3.05) is 5.32 Å². The van der Waals surface area contributed by atoms with Crippen molar-refractivity contribution < 1.29 is 4.79 Å². The first-order valence-corrected chi connectivity index (χ1v) is 7.03. The van der Waals surface area contributed by atoms with Crippen molar-refractivity contribution in [1.82, 2.24) is 0 Å². The van der Waals surface area contributed by atoms with Gasteiger partial charge >= 0.3 is 0 Å². The van der Waals surface area contributed by atoms with Gasteiger partial charge in [-0.2, -0.15) is 0 Å². The van der Waals surface area contributed by atoms with Gasteiger partial charge in [0.2, 0.25) is 0 Å². The van der Waals surface area contributed by atoms with Crippen LogP contribution >= 0.6 is 22.9 Å². The van der Waals surface area contributed by atoms with Crippen LogP contribution in [0.25, 0.3) is 10.1 Å². The van der Waals surface area contributed by atoms with Crippen LogP contribution < -0.4 is 5.32 Å². The SMILES string of the molecule is O=C(Nc1ccc2sccc2c1)c1ccccc1Cl. The fraction of sp³-hybridized carbons (Fsp3) is 0. The highest BCUT2D eigenvalue weighted by Crippen LogP contribution is 2.24. The second-order valence-electron chi connectivity index (χ2n) is 4.11. The summed E-state index contributed by atoms with van der Waals surface area (Å²) in [5.74, 6) is -0.194. The van der Waals surface area contributed by atoms with E-state index < -0.39 is 0 Å². The summed E-state index contributed by atoms with van der Waals surface area (Å²) >= 11 is 7.68. The lowest BCUT2D eigenvalue weighted by Crippen LogP contribution is -2.12. The van der Waals surface area contributed by atoms with Crippen LogP contribution in [0.4, 0.5) is 5.69 Å².